The van der Waals surface area contributed by atoms with Gasteiger partial charge in [0.25, 0.3) is 5.91 Å². The number of nitrogens with zero attached hydrogens (tertiary/aromatic N) is 2. The van der Waals surface area contributed by atoms with Crippen LogP contribution in [0.4, 0.5) is 5.69 Å². The Bertz CT molecular complexity index is 538. The zero-order valence-corrected chi connectivity index (χ0v) is 13.0. The average molecular weight is 314 g/mol. The van der Waals surface area contributed by atoms with E-state index >= 15 is 0 Å². The standard InChI is InChI=1S/C14H17Cl2N3O/c1-9(2)8-19(5-3-4-17)14(20)11-6-10(18)7-12(15)13(11)16/h6-7,9H,3,5,8,18H2,1-2H3. The quantitative estimate of drug-likeness (QED) is 0.844. The third kappa shape index (κ3) is 4.29. The lowest BCUT2D eigenvalue weighted by molar-refractivity contribution is 0.0740. The highest BCUT2D eigenvalue weighted by atomic mass is 35.5. The lowest BCUT2D eigenvalue weighted by Gasteiger charge is -2.24. The molecule has 108 valence electrons. The maximum Gasteiger partial charge on any atom is 0.255 e. The third-order valence-electron chi connectivity index (χ3n) is 2.65. The molecule has 1 aromatic carbocycles. The Labute approximate surface area is 129 Å². The van der Waals surface area contributed by atoms with Gasteiger partial charge in [0, 0.05) is 18.8 Å². The third-order valence-corrected chi connectivity index (χ3v) is 3.45. The number of hydrogen-bond donors (Lipinski definition) is 1. The van der Waals surface area contributed by atoms with Crippen molar-refractivity contribution < 1.29 is 4.79 Å². The van der Waals surface area contributed by atoms with Crippen LogP contribution >= 0.6 is 23.2 Å². The van der Waals surface area contributed by atoms with Gasteiger partial charge in [-0.2, -0.15) is 5.26 Å². The number of halogens is 2. The highest BCUT2D eigenvalue weighted by molar-refractivity contribution is 6.44. The smallest absolute Gasteiger partial charge is 0.255 e. The maximum absolute atomic E-state index is 12.5. The van der Waals surface area contributed by atoms with E-state index in [1.54, 1.807) is 4.90 Å². The van der Waals surface area contributed by atoms with E-state index in [1.807, 2.05) is 19.9 Å². The number of amides is 1. The highest BCUT2D eigenvalue weighted by Gasteiger charge is 2.21. The molecule has 0 heterocycles. The molecule has 1 amide bonds. The van der Waals surface area contributed by atoms with Gasteiger partial charge in [-0.15, -0.1) is 0 Å². The van der Waals surface area contributed by atoms with E-state index in [2.05, 4.69) is 0 Å². The fraction of sp³-hybridized carbons (Fsp3) is 0.429. The molecule has 2 N–H and O–H groups in total. The Morgan fingerprint density at radius 1 is 1.45 bits per heavy atom. The summed E-state index contributed by atoms with van der Waals surface area (Å²) in [5, 5.41) is 9.13. The number of nitrogens with two attached hydrogens (primary N) is 1. The number of hydrogen-bond acceptors (Lipinski definition) is 3. The number of benzene rings is 1. The molecule has 0 saturated heterocycles. The summed E-state index contributed by atoms with van der Waals surface area (Å²) >= 11 is 12.0. The molecule has 0 atom stereocenters. The highest BCUT2D eigenvalue weighted by Crippen LogP contribution is 2.29. The van der Waals surface area contributed by atoms with Crippen LogP contribution in [0.2, 0.25) is 10.0 Å². The van der Waals surface area contributed by atoms with Crippen molar-refractivity contribution in [1.82, 2.24) is 4.90 Å². The van der Waals surface area contributed by atoms with Gasteiger partial charge in [-0.1, -0.05) is 37.0 Å². The Morgan fingerprint density at radius 3 is 2.65 bits per heavy atom. The van der Waals surface area contributed by atoms with Gasteiger partial charge in [0.2, 0.25) is 0 Å². The number of nitriles is 1. The summed E-state index contributed by atoms with van der Waals surface area (Å²) in [6.45, 7) is 4.90. The van der Waals surface area contributed by atoms with Crippen molar-refractivity contribution in [3.8, 4) is 6.07 Å². The largest absolute Gasteiger partial charge is 0.399 e. The van der Waals surface area contributed by atoms with Crippen molar-refractivity contribution in [3.63, 3.8) is 0 Å². The summed E-state index contributed by atoms with van der Waals surface area (Å²) in [5.74, 6) is 0.0288. The molecular formula is C14H17Cl2N3O. The number of carbonyl (C=O) groups is 1. The van der Waals surface area contributed by atoms with Crippen molar-refractivity contribution in [1.29, 1.82) is 5.26 Å². The van der Waals surface area contributed by atoms with Gasteiger partial charge in [0.1, 0.15) is 0 Å². The molecule has 0 aliphatic rings. The summed E-state index contributed by atoms with van der Waals surface area (Å²) in [6.07, 6.45) is 0.270. The van der Waals surface area contributed by atoms with E-state index < -0.39 is 0 Å². The van der Waals surface area contributed by atoms with Gasteiger partial charge in [0.15, 0.2) is 0 Å². The molecule has 0 aliphatic carbocycles. The predicted molar refractivity (Wildman–Crippen MR) is 81.8 cm³/mol. The lowest BCUT2D eigenvalue weighted by atomic mass is 10.1. The maximum atomic E-state index is 12.5. The van der Waals surface area contributed by atoms with Gasteiger partial charge in [-0.05, 0) is 18.1 Å². The number of anilines is 1. The Kier molecular flexibility index (Phi) is 6.12. The molecule has 0 aliphatic heterocycles. The average Bonchev–Trinajstić information content (AvgIpc) is 2.37. The molecule has 0 saturated carbocycles. The number of nitrogen functional groups attached to an aromatic ring is 1. The second kappa shape index (κ2) is 7.37. The molecule has 1 aromatic rings. The van der Waals surface area contributed by atoms with Crippen molar-refractivity contribution >= 4 is 34.8 Å². The second-order valence-electron chi connectivity index (χ2n) is 4.92. The topological polar surface area (TPSA) is 70.1 Å². The summed E-state index contributed by atoms with van der Waals surface area (Å²) in [7, 11) is 0. The monoisotopic (exact) mass is 313 g/mol. The molecule has 4 nitrogen and oxygen atoms in total. The van der Waals surface area contributed by atoms with Gasteiger partial charge in [0.05, 0.1) is 28.1 Å². The molecular weight excluding hydrogens is 297 g/mol. The van der Waals surface area contributed by atoms with Crippen LogP contribution in [-0.4, -0.2) is 23.9 Å². The molecule has 0 bridgehead atoms. The summed E-state index contributed by atoms with van der Waals surface area (Å²) in [4.78, 5) is 14.1. The van der Waals surface area contributed by atoms with Crippen molar-refractivity contribution in [2.24, 2.45) is 5.92 Å². The van der Waals surface area contributed by atoms with Crippen LogP contribution in [0.1, 0.15) is 30.6 Å². The predicted octanol–water partition coefficient (Wildman–Crippen LogP) is 3.59. The van der Waals surface area contributed by atoms with Gasteiger partial charge in [-0.25, -0.2) is 0 Å². The number of rotatable bonds is 5. The zero-order chi connectivity index (χ0) is 15.3. The first-order chi connectivity index (χ1) is 9.36. The zero-order valence-electron chi connectivity index (χ0n) is 11.5. The van der Waals surface area contributed by atoms with E-state index in [-0.39, 0.29) is 33.9 Å². The van der Waals surface area contributed by atoms with E-state index in [0.717, 1.165) is 0 Å². The van der Waals surface area contributed by atoms with Crippen LogP contribution in [0.15, 0.2) is 12.1 Å². The minimum Gasteiger partial charge on any atom is -0.399 e. The fourth-order valence-corrected chi connectivity index (χ4v) is 2.26. The molecule has 0 unspecified atom stereocenters. The first kappa shape index (κ1) is 16.6. The van der Waals surface area contributed by atoms with E-state index in [9.17, 15) is 4.79 Å². The molecule has 0 fully saturated rings. The lowest BCUT2D eigenvalue weighted by Crippen LogP contribution is -2.35. The first-order valence-electron chi connectivity index (χ1n) is 6.27. The second-order valence-corrected chi connectivity index (χ2v) is 5.70. The van der Waals surface area contributed by atoms with Crippen molar-refractivity contribution in [2.75, 3.05) is 18.8 Å². The Balaban J connectivity index is 3.08. The van der Waals surface area contributed by atoms with E-state index in [1.165, 1.54) is 12.1 Å². The minimum absolute atomic E-state index is 0.191. The molecule has 0 spiro atoms. The molecule has 0 radical (unpaired) electrons. The number of carbonyl (C=O) groups excluding carboxylic acids is 1. The van der Waals surface area contributed by atoms with Crippen LogP contribution in [0.3, 0.4) is 0 Å². The van der Waals surface area contributed by atoms with Gasteiger partial charge in [-0.3, -0.25) is 4.79 Å². The van der Waals surface area contributed by atoms with E-state index in [0.29, 0.717) is 18.8 Å². The molecule has 6 heteroatoms. The van der Waals surface area contributed by atoms with Crippen LogP contribution < -0.4 is 5.73 Å². The molecule has 0 aromatic heterocycles. The van der Waals surface area contributed by atoms with Crippen LogP contribution in [0.25, 0.3) is 0 Å². The molecule has 20 heavy (non-hydrogen) atoms. The van der Waals surface area contributed by atoms with Gasteiger partial charge >= 0.3 is 0 Å². The van der Waals surface area contributed by atoms with E-state index in [4.69, 9.17) is 34.2 Å². The normalized spacial score (nSPS) is 10.4. The van der Waals surface area contributed by atoms with Crippen molar-refractivity contribution in [3.05, 3.63) is 27.7 Å². The summed E-state index contributed by atoms with van der Waals surface area (Å²) in [5.41, 5.74) is 6.36. The van der Waals surface area contributed by atoms with Crippen LogP contribution in [0.5, 0.6) is 0 Å². The SMILES string of the molecule is CC(C)CN(CCC#N)C(=O)c1cc(N)cc(Cl)c1Cl. The Hall–Kier alpha value is -1.44. The fourth-order valence-electron chi connectivity index (χ4n) is 1.84. The van der Waals surface area contributed by atoms with Crippen molar-refractivity contribution in [2.45, 2.75) is 20.3 Å². The minimum atomic E-state index is -0.256. The molecule has 1 rings (SSSR count). The van der Waals surface area contributed by atoms with Crippen LogP contribution in [-0.2, 0) is 0 Å². The summed E-state index contributed by atoms with van der Waals surface area (Å²) in [6, 6.07) is 5.05. The summed E-state index contributed by atoms with van der Waals surface area (Å²) < 4.78 is 0. The first-order valence-corrected chi connectivity index (χ1v) is 7.03. The van der Waals surface area contributed by atoms with Gasteiger partial charge < -0.3 is 10.6 Å². The Morgan fingerprint density at radius 2 is 2.10 bits per heavy atom. The van der Waals surface area contributed by atoms with Crippen LogP contribution in [0, 0.1) is 17.2 Å².